The van der Waals surface area contributed by atoms with E-state index in [0.29, 0.717) is 10.7 Å². The summed E-state index contributed by atoms with van der Waals surface area (Å²) < 4.78 is 0. The smallest absolute Gasteiger partial charge is 0.274 e. The number of amides is 1. The average Bonchev–Trinajstić information content (AvgIpc) is 2.41. The van der Waals surface area contributed by atoms with E-state index < -0.39 is 0 Å². The first-order valence-corrected chi connectivity index (χ1v) is 5.51. The molecule has 18 heavy (non-hydrogen) atoms. The zero-order valence-corrected chi connectivity index (χ0v) is 9.98. The van der Waals surface area contributed by atoms with E-state index in [-0.39, 0.29) is 17.3 Å². The molecule has 4 nitrogen and oxygen atoms in total. The molecule has 1 heterocycles. The third kappa shape index (κ3) is 2.84. The van der Waals surface area contributed by atoms with E-state index in [2.05, 4.69) is 10.3 Å². The number of carbonyl (C=O) groups is 1. The van der Waals surface area contributed by atoms with Crippen molar-refractivity contribution in [3.63, 3.8) is 0 Å². The molecule has 1 aromatic carbocycles. The Morgan fingerprint density at radius 3 is 2.61 bits per heavy atom. The fourth-order valence-electron chi connectivity index (χ4n) is 1.35. The fourth-order valence-corrected chi connectivity index (χ4v) is 1.48. The Hall–Kier alpha value is -2.38. The van der Waals surface area contributed by atoms with Crippen molar-refractivity contribution in [2.45, 2.75) is 0 Å². The lowest BCUT2D eigenvalue weighted by Gasteiger charge is -2.04. The van der Waals surface area contributed by atoms with Gasteiger partial charge in [-0.3, -0.25) is 4.79 Å². The highest BCUT2D eigenvalue weighted by Gasteiger charge is 2.08. The first-order chi connectivity index (χ1) is 8.69. The first-order valence-electron chi connectivity index (χ1n) is 5.13. The van der Waals surface area contributed by atoms with Crippen molar-refractivity contribution < 1.29 is 4.79 Å². The van der Waals surface area contributed by atoms with Crippen molar-refractivity contribution in [1.82, 2.24) is 4.98 Å². The molecule has 0 unspecified atom stereocenters. The molecule has 1 N–H and O–H groups in total. The summed E-state index contributed by atoms with van der Waals surface area (Å²) in [5, 5.41) is 12.0. The lowest BCUT2D eigenvalue weighted by atomic mass is 10.2. The van der Waals surface area contributed by atoms with Crippen molar-refractivity contribution in [2.24, 2.45) is 0 Å². The van der Waals surface area contributed by atoms with Gasteiger partial charge in [0.1, 0.15) is 17.5 Å². The van der Waals surface area contributed by atoms with Gasteiger partial charge in [-0.25, -0.2) is 4.98 Å². The molecule has 0 aliphatic rings. The first kappa shape index (κ1) is 12.1. The minimum atomic E-state index is -0.366. The Morgan fingerprint density at radius 2 is 1.94 bits per heavy atom. The number of hydrogen-bond acceptors (Lipinski definition) is 3. The summed E-state index contributed by atoms with van der Waals surface area (Å²) in [6.07, 6.45) is 0. The standard InChI is InChI=1S/C13H8ClN3O/c14-9-4-6-10(7-5-9)17-13(18)12-3-1-2-11(8-15)16-12/h1-7H,(H,17,18). The number of aromatic nitrogens is 1. The van der Waals surface area contributed by atoms with Gasteiger partial charge in [-0.2, -0.15) is 5.26 Å². The highest BCUT2D eigenvalue weighted by molar-refractivity contribution is 6.30. The van der Waals surface area contributed by atoms with Crippen LogP contribution in [-0.2, 0) is 0 Å². The van der Waals surface area contributed by atoms with E-state index >= 15 is 0 Å². The monoisotopic (exact) mass is 257 g/mol. The second-order valence-electron chi connectivity index (χ2n) is 3.48. The molecule has 0 saturated carbocycles. The molecule has 0 spiro atoms. The Morgan fingerprint density at radius 1 is 1.22 bits per heavy atom. The Bertz CT molecular complexity index is 617. The molecule has 0 atom stereocenters. The van der Waals surface area contributed by atoms with Crippen LogP contribution in [0.2, 0.25) is 5.02 Å². The maximum absolute atomic E-state index is 11.9. The second kappa shape index (κ2) is 5.30. The van der Waals surface area contributed by atoms with Crippen LogP contribution >= 0.6 is 11.6 Å². The molecule has 0 radical (unpaired) electrons. The summed E-state index contributed by atoms with van der Waals surface area (Å²) in [6.45, 7) is 0. The number of pyridine rings is 1. The number of nitrogens with one attached hydrogen (secondary N) is 1. The summed E-state index contributed by atoms with van der Waals surface area (Å²) in [4.78, 5) is 15.8. The molecule has 0 aliphatic heterocycles. The number of benzene rings is 1. The summed E-state index contributed by atoms with van der Waals surface area (Å²) in [5.41, 5.74) is 1.02. The number of hydrogen-bond donors (Lipinski definition) is 1. The number of carbonyl (C=O) groups excluding carboxylic acids is 1. The van der Waals surface area contributed by atoms with Crippen LogP contribution in [0.4, 0.5) is 5.69 Å². The van der Waals surface area contributed by atoms with Gasteiger partial charge < -0.3 is 5.32 Å². The molecule has 1 aromatic heterocycles. The van der Waals surface area contributed by atoms with Crippen molar-refractivity contribution in [1.29, 1.82) is 5.26 Å². The maximum atomic E-state index is 11.9. The summed E-state index contributed by atoms with van der Waals surface area (Å²) in [6, 6.07) is 13.3. The van der Waals surface area contributed by atoms with E-state index in [0.717, 1.165) is 0 Å². The number of halogens is 1. The van der Waals surface area contributed by atoms with Gasteiger partial charge in [-0.05, 0) is 36.4 Å². The Kier molecular flexibility index (Phi) is 3.56. The van der Waals surface area contributed by atoms with Gasteiger partial charge in [0.2, 0.25) is 0 Å². The van der Waals surface area contributed by atoms with E-state index in [1.165, 1.54) is 0 Å². The Balaban J connectivity index is 2.17. The van der Waals surface area contributed by atoms with Gasteiger partial charge in [0, 0.05) is 10.7 Å². The molecule has 2 aromatic rings. The number of anilines is 1. The molecule has 0 fully saturated rings. The van der Waals surface area contributed by atoms with Gasteiger partial charge in [-0.15, -0.1) is 0 Å². The SMILES string of the molecule is N#Cc1cccc(C(=O)Nc2ccc(Cl)cc2)n1. The summed E-state index contributed by atoms with van der Waals surface area (Å²) >= 11 is 5.74. The number of nitrogens with zero attached hydrogens (tertiary/aromatic N) is 2. The van der Waals surface area contributed by atoms with Gasteiger partial charge in [0.25, 0.3) is 5.91 Å². The topological polar surface area (TPSA) is 65.8 Å². The summed E-state index contributed by atoms with van der Waals surface area (Å²) in [7, 11) is 0. The molecule has 0 saturated heterocycles. The van der Waals surface area contributed by atoms with Crippen LogP contribution in [0, 0.1) is 11.3 Å². The zero-order chi connectivity index (χ0) is 13.0. The number of rotatable bonds is 2. The predicted octanol–water partition coefficient (Wildman–Crippen LogP) is 2.86. The average molecular weight is 258 g/mol. The van der Waals surface area contributed by atoms with E-state index in [4.69, 9.17) is 16.9 Å². The van der Waals surface area contributed by atoms with Crippen LogP contribution in [-0.4, -0.2) is 10.9 Å². The minimum absolute atomic E-state index is 0.198. The quantitative estimate of drug-likeness (QED) is 0.900. The Labute approximate surface area is 109 Å². The molecule has 88 valence electrons. The van der Waals surface area contributed by atoms with Crippen LogP contribution in [0.1, 0.15) is 16.2 Å². The van der Waals surface area contributed by atoms with Gasteiger partial charge in [0.15, 0.2) is 0 Å². The maximum Gasteiger partial charge on any atom is 0.274 e. The van der Waals surface area contributed by atoms with Crippen molar-refractivity contribution >= 4 is 23.2 Å². The highest BCUT2D eigenvalue weighted by atomic mass is 35.5. The van der Waals surface area contributed by atoms with Crippen LogP contribution < -0.4 is 5.32 Å². The van der Waals surface area contributed by atoms with Crippen LogP contribution in [0.25, 0.3) is 0 Å². The van der Waals surface area contributed by atoms with Crippen LogP contribution in [0.3, 0.4) is 0 Å². The van der Waals surface area contributed by atoms with Gasteiger partial charge in [-0.1, -0.05) is 17.7 Å². The third-order valence-corrected chi connectivity index (χ3v) is 2.45. The number of nitriles is 1. The molecule has 2 rings (SSSR count). The summed E-state index contributed by atoms with van der Waals surface area (Å²) in [5.74, 6) is -0.366. The minimum Gasteiger partial charge on any atom is -0.321 e. The molecular weight excluding hydrogens is 250 g/mol. The van der Waals surface area contributed by atoms with Crippen LogP contribution in [0.15, 0.2) is 42.5 Å². The lowest BCUT2D eigenvalue weighted by Crippen LogP contribution is -2.13. The van der Waals surface area contributed by atoms with Gasteiger partial charge >= 0.3 is 0 Å². The van der Waals surface area contributed by atoms with E-state index in [1.54, 1.807) is 42.5 Å². The van der Waals surface area contributed by atoms with E-state index in [1.807, 2.05) is 6.07 Å². The van der Waals surface area contributed by atoms with Crippen molar-refractivity contribution in [3.05, 3.63) is 58.9 Å². The normalized spacial score (nSPS) is 9.56. The molecule has 5 heteroatoms. The molecular formula is C13H8ClN3O. The third-order valence-electron chi connectivity index (χ3n) is 2.20. The van der Waals surface area contributed by atoms with Gasteiger partial charge in [0.05, 0.1) is 0 Å². The second-order valence-corrected chi connectivity index (χ2v) is 3.92. The molecule has 0 aliphatic carbocycles. The lowest BCUT2D eigenvalue weighted by molar-refractivity contribution is 0.102. The van der Waals surface area contributed by atoms with E-state index in [9.17, 15) is 4.79 Å². The highest BCUT2D eigenvalue weighted by Crippen LogP contribution is 2.14. The van der Waals surface area contributed by atoms with Crippen LogP contribution in [0.5, 0.6) is 0 Å². The predicted molar refractivity (Wildman–Crippen MR) is 68.4 cm³/mol. The fraction of sp³-hybridized carbons (Fsp3) is 0. The van der Waals surface area contributed by atoms with Crippen molar-refractivity contribution in [3.8, 4) is 6.07 Å². The molecule has 1 amide bonds. The molecule has 0 bridgehead atoms. The largest absolute Gasteiger partial charge is 0.321 e. The van der Waals surface area contributed by atoms with Crippen molar-refractivity contribution in [2.75, 3.05) is 5.32 Å². The zero-order valence-electron chi connectivity index (χ0n) is 9.22.